The molecule has 0 bridgehead atoms. The summed E-state index contributed by atoms with van der Waals surface area (Å²) in [5, 5.41) is 9.10. The molecule has 20 heavy (non-hydrogen) atoms. The maximum Gasteiger partial charge on any atom is 0.194 e. The van der Waals surface area contributed by atoms with Gasteiger partial charge in [0.2, 0.25) is 0 Å². The quantitative estimate of drug-likeness (QED) is 0.581. The average molecular weight is 298 g/mol. The van der Waals surface area contributed by atoms with Crippen LogP contribution in [0.5, 0.6) is 0 Å². The Morgan fingerprint density at radius 2 is 2.00 bits per heavy atom. The van der Waals surface area contributed by atoms with Crippen molar-refractivity contribution in [3.05, 3.63) is 22.4 Å². The Balaban J connectivity index is 3.46. The van der Waals surface area contributed by atoms with Gasteiger partial charge in [-0.25, -0.2) is 13.4 Å². The molecule has 0 amide bonds. The first kappa shape index (κ1) is 16.6. The average Bonchev–Trinajstić information content (AvgIpc) is 2.38. The van der Waals surface area contributed by atoms with Crippen molar-refractivity contribution in [3.8, 4) is 6.07 Å². The van der Waals surface area contributed by atoms with Crippen LogP contribution in [0.4, 0.5) is 0 Å². The van der Waals surface area contributed by atoms with Gasteiger partial charge in [0, 0.05) is 24.6 Å². The van der Waals surface area contributed by atoms with Crippen LogP contribution in [-0.4, -0.2) is 33.6 Å². The lowest BCUT2D eigenvalue weighted by atomic mass is 10.0. The van der Waals surface area contributed by atoms with Crippen molar-refractivity contribution in [2.24, 2.45) is 0 Å². The van der Waals surface area contributed by atoms with Gasteiger partial charge in [-0.15, -0.1) is 0 Å². The number of pyridine rings is 1. The SMILES string of the molecule is CCc1c(C#N)c(S(C)(=O)=O)nc(C)c1COCOC. The number of hydrogen-bond donors (Lipinski definition) is 0. The van der Waals surface area contributed by atoms with E-state index in [1.807, 2.05) is 13.0 Å². The highest BCUT2D eigenvalue weighted by atomic mass is 32.2. The van der Waals surface area contributed by atoms with E-state index in [4.69, 9.17) is 9.47 Å². The largest absolute Gasteiger partial charge is 0.359 e. The van der Waals surface area contributed by atoms with E-state index in [1.54, 1.807) is 6.92 Å². The lowest BCUT2D eigenvalue weighted by molar-refractivity contribution is -0.0395. The van der Waals surface area contributed by atoms with E-state index >= 15 is 0 Å². The Labute approximate surface area is 119 Å². The first-order valence-corrected chi connectivity index (χ1v) is 7.95. The first-order chi connectivity index (χ1) is 9.36. The van der Waals surface area contributed by atoms with Crippen LogP contribution in [0.1, 0.15) is 29.3 Å². The summed E-state index contributed by atoms with van der Waals surface area (Å²) in [6, 6.07) is 1.95. The van der Waals surface area contributed by atoms with Crippen molar-refractivity contribution >= 4 is 9.84 Å². The number of sulfone groups is 1. The van der Waals surface area contributed by atoms with E-state index in [2.05, 4.69) is 4.98 Å². The van der Waals surface area contributed by atoms with Crippen LogP contribution in [0, 0.1) is 18.3 Å². The fourth-order valence-corrected chi connectivity index (χ4v) is 2.81. The summed E-state index contributed by atoms with van der Waals surface area (Å²) >= 11 is 0. The molecule has 1 rings (SSSR count). The number of aryl methyl sites for hydroxylation is 1. The maximum absolute atomic E-state index is 11.7. The predicted octanol–water partition coefficient (Wildman–Crippen LogP) is 1.35. The van der Waals surface area contributed by atoms with Gasteiger partial charge in [0.05, 0.1) is 12.2 Å². The third kappa shape index (κ3) is 3.54. The molecular weight excluding hydrogens is 280 g/mol. The van der Waals surface area contributed by atoms with Crippen LogP contribution in [0.15, 0.2) is 5.03 Å². The van der Waals surface area contributed by atoms with Gasteiger partial charge in [-0.1, -0.05) is 6.92 Å². The van der Waals surface area contributed by atoms with Gasteiger partial charge in [-0.3, -0.25) is 0 Å². The van der Waals surface area contributed by atoms with Crippen molar-refractivity contribution < 1.29 is 17.9 Å². The molecule has 7 heteroatoms. The molecule has 0 aliphatic carbocycles. The zero-order valence-corrected chi connectivity index (χ0v) is 12.9. The predicted molar refractivity (Wildman–Crippen MR) is 72.8 cm³/mol. The van der Waals surface area contributed by atoms with Gasteiger partial charge in [0.1, 0.15) is 12.9 Å². The molecule has 1 aromatic rings. The molecule has 0 radical (unpaired) electrons. The Morgan fingerprint density at radius 1 is 1.35 bits per heavy atom. The summed E-state index contributed by atoms with van der Waals surface area (Å²) in [5.41, 5.74) is 2.07. The molecule has 0 aliphatic heterocycles. The van der Waals surface area contributed by atoms with Gasteiger partial charge in [-0.2, -0.15) is 5.26 Å². The summed E-state index contributed by atoms with van der Waals surface area (Å²) in [5.74, 6) is 0. The Bertz CT molecular complexity index is 633. The summed E-state index contributed by atoms with van der Waals surface area (Å²) < 4.78 is 33.6. The number of nitrogens with zero attached hydrogens (tertiary/aromatic N) is 2. The molecule has 0 fully saturated rings. The maximum atomic E-state index is 11.7. The van der Waals surface area contributed by atoms with Crippen molar-refractivity contribution in [2.75, 3.05) is 20.2 Å². The van der Waals surface area contributed by atoms with Crippen molar-refractivity contribution in [1.82, 2.24) is 4.98 Å². The van der Waals surface area contributed by atoms with Crippen LogP contribution in [0.25, 0.3) is 0 Å². The lowest BCUT2D eigenvalue weighted by Gasteiger charge is -2.15. The summed E-state index contributed by atoms with van der Waals surface area (Å²) in [7, 11) is -2.03. The molecule has 1 aromatic heterocycles. The summed E-state index contributed by atoms with van der Waals surface area (Å²) in [6.07, 6.45) is 1.58. The number of rotatable bonds is 6. The topological polar surface area (TPSA) is 89.3 Å². The Morgan fingerprint density at radius 3 is 2.45 bits per heavy atom. The number of hydrogen-bond acceptors (Lipinski definition) is 6. The molecule has 0 atom stereocenters. The van der Waals surface area contributed by atoms with Crippen molar-refractivity contribution in [1.29, 1.82) is 5.26 Å². The third-order valence-electron chi connectivity index (χ3n) is 2.85. The zero-order chi connectivity index (χ0) is 15.3. The molecule has 0 N–H and O–H groups in total. The second-order valence-electron chi connectivity index (χ2n) is 4.33. The molecule has 0 saturated heterocycles. The van der Waals surface area contributed by atoms with Crippen LogP contribution in [0.2, 0.25) is 0 Å². The number of aromatic nitrogens is 1. The van der Waals surface area contributed by atoms with Crippen molar-refractivity contribution in [2.45, 2.75) is 31.9 Å². The molecule has 0 saturated carbocycles. The third-order valence-corrected chi connectivity index (χ3v) is 3.85. The summed E-state index contributed by atoms with van der Waals surface area (Å²) in [6.45, 7) is 3.93. The standard InChI is InChI=1S/C13H18N2O4S/c1-5-10-11(6-14)13(20(4,16)17)15-9(2)12(10)7-19-8-18-3/h5,7-8H2,1-4H3. The fourth-order valence-electron chi connectivity index (χ4n) is 1.97. The van der Waals surface area contributed by atoms with E-state index in [0.29, 0.717) is 17.7 Å². The molecule has 0 aromatic carbocycles. The minimum absolute atomic E-state index is 0.108. The van der Waals surface area contributed by atoms with Crippen LogP contribution >= 0.6 is 0 Å². The van der Waals surface area contributed by atoms with E-state index in [9.17, 15) is 13.7 Å². The normalized spacial score (nSPS) is 11.3. The lowest BCUT2D eigenvalue weighted by Crippen LogP contribution is -2.13. The zero-order valence-electron chi connectivity index (χ0n) is 12.1. The first-order valence-electron chi connectivity index (χ1n) is 6.06. The fraction of sp³-hybridized carbons (Fsp3) is 0.538. The molecule has 110 valence electrons. The van der Waals surface area contributed by atoms with Gasteiger partial charge in [0.15, 0.2) is 14.9 Å². The van der Waals surface area contributed by atoms with E-state index in [1.165, 1.54) is 7.11 Å². The number of methoxy groups -OCH3 is 1. The molecule has 0 unspecified atom stereocenters. The summed E-state index contributed by atoms with van der Waals surface area (Å²) in [4.78, 5) is 4.07. The monoisotopic (exact) mass is 298 g/mol. The second-order valence-corrected chi connectivity index (χ2v) is 6.26. The number of nitriles is 1. The van der Waals surface area contributed by atoms with Crippen molar-refractivity contribution in [3.63, 3.8) is 0 Å². The van der Waals surface area contributed by atoms with Crippen LogP contribution < -0.4 is 0 Å². The van der Waals surface area contributed by atoms with Gasteiger partial charge in [0.25, 0.3) is 0 Å². The molecule has 0 aliphatic rings. The highest BCUT2D eigenvalue weighted by Crippen LogP contribution is 2.24. The molecule has 0 spiro atoms. The minimum Gasteiger partial charge on any atom is -0.359 e. The van der Waals surface area contributed by atoms with Gasteiger partial charge >= 0.3 is 0 Å². The van der Waals surface area contributed by atoms with E-state index < -0.39 is 9.84 Å². The molecule has 1 heterocycles. The van der Waals surface area contributed by atoms with Gasteiger partial charge in [-0.05, 0) is 18.9 Å². The van der Waals surface area contributed by atoms with E-state index in [0.717, 1.165) is 11.8 Å². The van der Waals surface area contributed by atoms with Gasteiger partial charge < -0.3 is 9.47 Å². The Kier molecular flexibility index (Phi) is 5.62. The van der Waals surface area contributed by atoms with Crippen LogP contribution in [0.3, 0.4) is 0 Å². The minimum atomic E-state index is -3.54. The number of ether oxygens (including phenoxy) is 2. The molecular formula is C13H18N2O4S. The molecule has 6 nitrogen and oxygen atoms in total. The highest BCUT2D eigenvalue weighted by molar-refractivity contribution is 7.90. The Hall–Kier alpha value is -1.49. The smallest absolute Gasteiger partial charge is 0.194 e. The van der Waals surface area contributed by atoms with Crippen LogP contribution in [-0.2, 0) is 32.3 Å². The van der Waals surface area contributed by atoms with E-state index in [-0.39, 0.29) is 24.0 Å². The second kappa shape index (κ2) is 6.79. The highest BCUT2D eigenvalue weighted by Gasteiger charge is 2.22.